The van der Waals surface area contributed by atoms with Gasteiger partial charge in [0.2, 0.25) is 10.0 Å². The number of hydrogen-bond donors (Lipinski definition) is 1. The second-order valence-corrected chi connectivity index (χ2v) is 8.68. The molecule has 0 amide bonds. The highest BCUT2D eigenvalue weighted by atomic mass is 32.2. The largest absolute Gasteiger partial charge is 0.369 e. The van der Waals surface area contributed by atoms with E-state index < -0.39 is 10.0 Å². The molecule has 5 nitrogen and oxygen atoms in total. The molecule has 0 aliphatic carbocycles. The molecule has 27 heavy (non-hydrogen) atoms. The number of hydrogen-bond acceptors (Lipinski definition) is 4. The molecule has 2 aromatic carbocycles. The van der Waals surface area contributed by atoms with Crippen molar-refractivity contribution in [2.75, 3.05) is 49.9 Å². The van der Waals surface area contributed by atoms with E-state index in [2.05, 4.69) is 14.5 Å². The number of aryl methyl sites for hydroxylation is 1. The molecule has 1 fully saturated rings. The van der Waals surface area contributed by atoms with Crippen molar-refractivity contribution in [3.63, 3.8) is 0 Å². The molecule has 3 rings (SSSR count). The van der Waals surface area contributed by atoms with Crippen molar-refractivity contribution in [2.45, 2.75) is 6.42 Å². The number of benzene rings is 2. The smallest absolute Gasteiger partial charge is 0.211 e. The Balaban J connectivity index is 1.36. The molecular weight excluding hydrogens is 365 g/mol. The number of piperazine rings is 1. The third-order valence-corrected chi connectivity index (χ3v) is 6.20. The maximum absolute atomic E-state index is 13.0. The Kier molecular flexibility index (Phi) is 6.82. The first kappa shape index (κ1) is 19.8. The Labute approximate surface area is 160 Å². The van der Waals surface area contributed by atoms with Crippen LogP contribution in [0.5, 0.6) is 0 Å². The average Bonchev–Trinajstić information content (AvgIpc) is 2.68. The maximum atomic E-state index is 13.0. The Bertz CT molecular complexity index is 805. The van der Waals surface area contributed by atoms with Crippen molar-refractivity contribution in [1.82, 2.24) is 9.62 Å². The molecule has 1 N–H and O–H groups in total. The molecule has 146 valence electrons. The lowest BCUT2D eigenvalue weighted by molar-refractivity contribution is 0.262. The molecule has 2 aromatic rings. The van der Waals surface area contributed by atoms with Crippen LogP contribution < -0.4 is 9.62 Å². The van der Waals surface area contributed by atoms with Crippen LogP contribution in [0.15, 0.2) is 54.6 Å². The highest BCUT2D eigenvalue weighted by Crippen LogP contribution is 2.16. The minimum absolute atomic E-state index is 0.107. The number of nitrogens with one attached hydrogen (secondary N) is 1. The van der Waals surface area contributed by atoms with Crippen LogP contribution in [0.1, 0.15) is 5.56 Å². The van der Waals surface area contributed by atoms with E-state index in [0.29, 0.717) is 19.5 Å². The van der Waals surface area contributed by atoms with Crippen molar-refractivity contribution < 1.29 is 12.8 Å². The van der Waals surface area contributed by atoms with Crippen LogP contribution in [0.25, 0.3) is 0 Å². The summed E-state index contributed by atoms with van der Waals surface area (Å²) in [7, 11) is -3.26. The van der Waals surface area contributed by atoms with Crippen molar-refractivity contribution in [3.05, 3.63) is 66.0 Å². The number of sulfonamides is 1. The number of rotatable bonds is 8. The number of nitrogens with zero attached hydrogens (tertiary/aromatic N) is 2. The van der Waals surface area contributed by atoms with Gasteiger partial charge in [0, 0.05) is 45.0 Å². The number of halogens is 1. The lowest BCUT2D eigenvalue weighted by atomic mass is 10.2. The summed E-state index contributed by atoms with van der Waals surface area (Å²) >= 11 is 0. The zero-order chi connectivity index (χ0) is 19.1. The van der Waals surface area contributed by atoms with E-state index in [9.17, 15) is 12.8 Å². The van der Waals surface area contributed by atoms with Gasteiger partial charge in [-0.3, -0.25) is 4.90 Å². The third-order valence-electron chi connectivity index (χ3n) is 4.82. The van der Waals surface area contributed by atoms with Gasteiger partial charge in [0.1, 0.15) is 5.82 Å². The summed E-state index contributed by atoms with van der Waals surface area (Å²) in [4.78, 5) is 4.47. The quantitative estimate of drug-likeness (QED) is 0.749. The SMILES string of the molecule is O=S(=O)(CCc1ccccc1)NCCN1CCN(c2ccc(F)cc2)CC1. The summed E-state index contributed by atoms with van der Waals surface area (Å²) in [5, 5.41) is 0. The minimum atomic E-state index is -3.26. The number of anilines is 1. The van der Waals surface area contributed by atoms with Gasteiger partial charge < -0.3 is 4.90 Å². The van der Waals surface area contributed by atoms with Gasteiger partial charge in [-0.1, -0.05) is 30.3 Å². The van der Waals surface area contributed by atoms with E-state index in [1.165, 1.54) is 12.1 Å². The minimum Gasteiger partial charge on any atom is -0.369 e. The Morgan fingerprint density at radius 2 is 1.59 bits per heavy atom. The zero-order valence-electron chi connectivity index (χ0n) is 15.4. The third kappa shape index (κ3) is 6.30. The molecule has 1 aliphatic heterocycles. The highest BCUT2D eigenvalue weighted by Gasteiger charge is 2.18. The van der Waals surface area contributed by atoms with Crippen LogP contribution >= 0.6 is 0 Å². The molecule has 0 atom stereocenters. The maximum Gasteiger partial charge on any atom is 0.211 e. The van der Waals surface area contributed by atoms with E-state index >= 15 is 0 Å². The highest BCUT2D eigenvalue weighted by molar-refractivity contribution is 7.89. The molecule has 0 saturated carbocycles. The second kappa shape index (κ2) is 9.30. The van der Waals surface area contributed by atoms with Crippen molar-refractivity contribution in [1.29, 1.82) is 0 Å². The normalized spacial score (nSPS) is 15.8. The fraction of sp³-hybridized carbons (Fsp3) is 0.400. The topological polar surface area (TPSA) is 52.7 Å². The van der Waals surface area contributed by atoms with Gasteiger partial charge in [0.15, 0.2) is 0 Å². The second-order valence-electron chi connectivity index (χ2n) is 6.75. The standard InChI is InChI=1S/C20H26FN3O2S/c21-19-6-8-20(9-7-19)24-15-13-23(14-16-24)12-11-22-27(25,26)17-10-18-4-2-1-3-5-18/h1-9,22H,10-17H2. The van der Waals surface area contributed by atoms with E-state index in [1.807, 2.05) is 30.3 Å². The monoisotopic (exact) mass is 391 g/mol. The van der Waals surface area contributed by atoms with E-state index in [0.717, 1.165) is 37.4 Å². The lowest BCUT2D eigenvalue weighted by Crippen LogP contribution is -2.48. The molecule has 0 unspecified atom stereocenters. The molecule has 1 saturated heterocycles. The van der Waals surface area contributed by atoms with Crippen LogP contribution in [0.3, 0.4) is 0 Å². The van der Waals surface area contributed by atoms with E-state index in [1.54, 1.807) is 12.1 Å². The van der Waals surface area contributed by atoms with Gasteiger partial charge in [-0.05, 0) is 36.2 Å². The summed E-state index contributed by atoms with van der Waals surface area (Å²) in [6.45, 7) is 4.56. The Morgan fingerprint density at radius 1 is 0.926 bits per heavy atom. The summed E-state index contributed by atoms with van der Waals surface area (Å²) < 4.78 is 40.0. The van der Waals surface area contributed by atoms with Crippen LogP contribution in [-0.4, -0.2) is 58.3 Å². The summed E-state index contributed by atoms with van der Waals surface area (Å²) in [5.74, 6) is -0.119. The van der Waals surface area contributed by atoms with Crippen LogP contribution in [-0.2, 0) is 16.4 Å². The first-order valence-corrected chi connectivity index (χ1v) is 10.9. The molecule has 0 spiro atoms. The van der Waals surface area contributed by atoms with Crippen LogP contribution in [0, 0.1) is 5.82 Å². The molecule has 0 aromatic heterocycles. The van der Waals surface area contributed by atoms with Gasteiger partial charge in [-0.2, -0.15) is 0 Å². The van der Waals surface area contributed by atoms with Gasteiger partial charge in [0.25, 0.3) is 0 Å². The summed E-state index contributed by atoms with van der Waals surface area (Å²) in [6, 6.07) is 16.2. The lowest BCUT2D eigenvalue weighted by Gasteiger charge is -2.36. The fourth-order valence-electron chi connectivity index (χ4n) is 3.21. The average molecular weight is 392 g/mol. The van der Waals surface area contributed by atoms with E-state index in [-0.39, 0.29) is 11.6 Å². The van der Waals surface area contributed by atoms with E-state index in [4.69, 9.17) is 0 Å². The zero-order valence-corrected chi connectivity index (χ0v) is 16.2. The Hall–Kier alpha value is -1.96. The van der Waals surface area contributed by atoms with Crippen LogP contribution in [0.4, 0.5) is 10.1 Å². The fourth-order valence-corrected chi connectivity index (χ4v) is 4.26. The molecule has 7 heteroatoms. The van der Waals surface area contributed by atoms with Crippen molar-refractivity contribution in [3.8, 4) is 0 Å². The van der Waals surface area contributed by atoms with Gasteiger partial charge in [-0.25, -0.2) is 17.5 Å². The molecule has 0 bridgehead atoms. The molecule has 1 aliphatic rings. The first-order valence-electron chi connectivity index (χ1n) is 9.26. The van der Waals surface area contributed by atoms with Crippen LogP contribution in [0.2, 0.25) is 0 Å². The summed E-state index contributed by atoms with van der Waals surface area (Å²) in [5.41, 5.74) is 2.05. The molecule has 0 radical (unpaired) electrons. The molecular formula is C20H26FN3O2S. The molecule has 1 heterocycles. The van der Waals surface area contributed by atoms with Crippen molar-refractivity contribution in [2.24, 2.45) is 0 Å². The predicted octanol–water partition coefficient (Wildman–Crippen LogP) is 2.11. The van der Waals surface area contributed by atoms with Gasteiger partial charge in [0.05, 0.1) is 5.75 Å². The first-order chi connectivity index (χ1) is 13.0. The summed E-state index contributed by atoms with van der Waals surface area (Å²) in [6.07, 6.45) is 0.520. The predicted molar refractivity (Wildman–Crippen MR) is 107 cm³/mol. The van der Waals surface area contributed by atoms with Gasteiger partial charge in [-0.15, -0.1) is 0 Å². The Morgan fingerprint density at radius 3 is 2.26 bits per heavy atom. The van der Waals surface area contributed by atoms with Crippen molar-refractivity contribution >= 4 is 15.7 Å². The van der Waals surface area contributed by atoms with Gasteiger partial charge >= 0.3 is 0 Å².